The van der Waals surface area contributed by atoms with E-state index in [0.29, 0.717) is 30.2 Å². The van der Waals surface area contributed by atoms with E-state index in [2.05, 4.69) is 5.32 Å². The average molecular weight is 287 g/mol. The van der Waals surface area contributed by atoms with Gasteiger partial charge in [-0.05, 0) is 25.1 Å². The molecule has 0 aliphatic carbocycles. The molecule has 0 saturated heterocycles. The SMILES string of the molecule is Cc1c(NCCOc2cccc(N)c2)cccc1[N+](=O)[O-]. The van der Waals surface area contributed by atoms with Crippen molar-refractivity contribution in [1.82, 2.24) is 0 Å². The minimum atomic E-state index is -0.385. The van der Waals surface area contributed by atoms with E-state index < -0.39 is 0 Å². The van der Waals surface area contributed by atoms with Crippen LogP contribution in [0.15, 0.2) is 42.5 Å². The first-order valence-corrected chi connectivity index (χ1v) is 6.54. The lowest BCUT2D eigenvalue weighted by atomic mass is 10.1. The number of benzene rings is 2. The largest absolute Gasteiger partial charge is 0.492 e. The number of nitrogens with one attached hydrogen (secondary N) is 1. The number of hydrogen-bond acceptors (Lipinski definition) is 5. The molecule has 21 heavy (non-hydrogen) atoms. The Morgan fingerprint density at radius 3 is 2.76 bits per heavy atom. The number of nitrogen functional groups attached to an aromatic ring is 1. The van der Waals surface area contributed by atoms with Crippen molar-refractivity contribution in [3.05, 3.63) is 58.1 Å². The van der Waals surface area contributed by atoms with Crippen LogP contribution in [0.2, 0.25) is 0 Å². The summed E-state index contributed by atoms with van der Waals surface area (Å²) < 4.78 is 5.55. The third kappa shape index (κ3) is 3.85. The Kier molecular flexibility index (Phi) is 4.61. The zero-order valence-electron chi connectivity index (χ0n) is 11.7. The molecular weight excluding hydrogens is 270 g/mol. The number of nitrogens with two attached hydrogens (primary N) is 1. The number of rotatable bonds is 6. The lowest BCUT2D eigenvalue weighted by molar-refractivity contribution is -0.385. The van der Waals surface area contributed by atoms with Gasteiger partial charge in [-0.2, -0.15) is 0 Å². The van der Waals surface area contributed by atoms with Crippen LogP contribution in [-0.4, -0.2) is 18.1 Å². The van der Waals surface area contributed by atoms with Gasteiger partial charge in [-0.1, -0.05) is 12.1 Å². The lowest BCUT2D eigenvalue weighted by Crippen LogP contribution is -2.12. The fourth-order valence-electron chi connectivity index (χ4n) is 1.97. The van der Waals surface area contributed by atoms with Gasteiger partial charge in [0.1, 0.15) is 12.4 Å². The van der Waals surface area contributed by atoms with Gasteiger partial charge in [0.2, 0.25) is 0 Å². The maximum absolute atomic E-state index is 10.9. The fourth-order valence-corrected chi connectivity index (χ4v) is 1.97. The normalized spacial score (nSPS) is 10.1. The number of nitro benzene ring substituents is 1. The third-order valence-electron chi connectivity index (χ3n) is 3.05. The van der Waals surface area contributed by atoms with Crippen molar-refractivity contribution in [2.45, 2.75) is 6.92 Å². The van der Waals surface area contributed by atoms with E-state index in [4.69, 9.17) is 10.5 Å². The van der Waals surface area contributed by atoms with Crippen LogP contribution < -0.4 is 15.8 Å². The molecular formula is C15H17N3O3. The Balaban J connectivity index is 1.89. The summed E-state index contributed by atoms with van der Waals surface area (Å²) in [6.07, 6.45) is 0. The molecule has 0 saturated carbocycles. The van der Waals surface area contributed by atoms with E-state index in [1.54, 1.807) is 25.1 Å². The first kappa shape index (κ1) is 14.6. The summed E-state index contributed by atoms with van der Waals surface area (Å²) in [7, 11) is 0. The zero-order chi connectivity index (χ0) is 15.2. The van der Waals surface area contributed by atoms with E-state index in [1.165, 1.54) is 6.07 Å². The van der Waals surface area contributed by atoms with Crippen LogP contribution in [0, 0.1) is 17.0 Å². The fraction of sp³-hybridized carbons (Fsp3) is 0.200. The van der Waals surface area contributed by atoms with Crippen LogP contribution in [0.4, 0.5) is 17.1 Å². The molecule has 0 atom stereocenters. The number of nitro groups is 1. The molecule has 2 rings (SSSR count). The third-order valence-corrected chi connectivity index (χ3v) is 3.05. The predicted molar refractivity (Wildman–Crippen MR) is 82.7 cm³/mol. The molecule has 0 aromatic heterocycles. The Labute approximate surface area is 122 Å². The number of ether oxygens (including phenoxy) is 1. The first-order valence-electron chi connectivity index (χ1n) is 6.54. The summed E-state index contributed by atoms with van der Waals surface area (Å²) in [6.45, 7) is 2.70. The maximum atomic E-state index is 10.9. The second kappa shape index (κ2) is 6.60. The average Bonchev–Trinajstić information content (AvgIpc) is 2.45. The van der Waals surface area contributed by atoms with Gasteiger partial charge in [0.25, 0.3) is 5.69 Å². The molecule has 0 amide bonds. The highest BCUT2D eigenvalue weighted by molar-refractivity contribution is 5.59. The van der Waals surface area contributed by atoms with Gasteiger partial charge in [-0.3, -0.25) is 10.1 Å². The Hall–Kier alpha value is -2.76. The molecule has 0 spiro atoms. The van der Waals surface area contributed by atoms with E-state index >= 15 is 0 Å². The van der Waals surface area contributed by atoms with Gasteiger partial charge in [-0.25, -0.2) is 0 Å². The Morgan fingerprint density at radius 1 is 1.29 bits per heavy atom. The molecule has 6 heteroatoms. The number of nitrogens with zero attached hydrogens (tertiary/aromatic N) is 1. The minimum Gasteiger partial charge on any atom is -0.492 e. The highest BCUT2D eigenvalue weighted by Crippen LogP contribution is 2.24. The number of hydrogen-bond donors (Lipinski definition) is 2. The summed E-state index contributed by atoms with van der Waals surface area (Å²) in [5.74, 6) is 0.701. The topological polar surface area (TPSA) is 90.4 Å². The maximum Gasteiger partial charge on any atom is 0.274 e. The standard InChI is InChI=1S/C15H17N3O3/c1-11-14(6-3-7-15(11)18(19)20)17-8-9-21-13-5-2-4-12(16)10-13/h2-7,10,17H,8-9,16H2,1H3. The van der Waals surface area contributed by atoms with Gasteiger partial charge in [0.05, 0.1) is 4.92 Å². The van der Waals surface area contributed by atoms with Crippen molar-refractivity contribution in [3.63, 3.8) is 0 Å². The smallest absolute Gasteiger partial charge is 0.274 e. The molecule has 0 radical (unpaired) electrons. The van der Waals surface area contributed by atoms with Crippen molar-refractivity contribution >= 4 is 17.1 Å². The van der Waals surface area contributed by atoms with Gasteiger partial charge in [0, 0.05) is 35.6 Å². The molecule has 0 aliphatic heterocycles. The van der Waals surface area contributed by atoms with E-state index in [1.807, 2.05) is 18.2 Å². The highest BCUT2D eigenvalue weighted by atomic mass is 16.6. The molecule has 0 aliphatic rings. The van der Waals surface area contributed by atoms with Crippen molar-refractivity contribution < 1.29 is 9.66 Å². The van der Waals surface area contributed by atoms with Crippen LogP contribution in [0.5, 0.6) is 5.75 Å². The van der Waals surface area contributed by atoms with E-state index in [-0.39, 0.29) is 10.6 Å². The van der Waals surface area contributed by atoms with Gasteiger partial charge in [-0.15, -0.1) is 0 Å². The quantitative estimate of drug-likeness (QED) is 0.369. The van der Waals surface area contributed by atoms with Gasteiger partial charge < -0.3 is 15.8 Å². The first-order chi connectivity index (χ1) is 10.1. The molecule has 0 bridgehead atoms. The molecule has 3 N–H and O–H groups in total. The molecule has 6 nitrogen and oxygen atoms in total. The molecule has 0 heterocycles. The summed E-state index contributed by atoms with van der Waals surface area (Å²) >= 11 is 0. The van der Waals surface area contributed by atoms with Crippen molar-refractivity contribution in [1.29, 1.82) is 0 Å². The lowest BCUT2D eigenvalue weighted by Gasteiger charge is -2.11. The van der Waals surface area contributed by atoms with Crippen molar-refractivity contribution in [3.8, 4) is 5.75 Å². The molecule has 110 valence electrons. The van der Waals surface area contributed by atoms with E-state index in [9.17, 15) is 10.1 Å². The van der Waals surface area contributed by atoms with E-state index in [0.717, 1.165) is 5.69 Å². The Bertz CT molecular complexity index is 644. The summed E-state index contributed by atoms with van der Waals surface area (Å²) in [6, 6.07) is 12.1. The second-order valence-corrected chi connectivity index (χ2v) is 4.55. The van der Waals surface area contributed by atoms with Gasteiger partial charge in [0.15, 0.2) is 0 Å². The van der Waals surface area contributed by atoms with Gasteiger partial charge >= 0.3 is 0 Å². The van der Waals surface area contributed by atoms with Crippen LogP contribution in [0.1, 0.15) is 5.56 Å². The monoisotopic (exact) mass is 287 g/mol. The van der Waals surface area contributed by atoms with Crippen LogP contribution in [0.25, 0.3) is 0 Å². The summed E-state index contributed by atoms with van der Waals surface area (Å²) in [5.41, 5.74) is 7.77. The molecule has 0 fully saturated rings. The summed E-state index contributed by atoms with van der Waals surface area (Å²) in [5, 5.41) is 14.0. The molecule has 2 aromatic carbocycles. The van der Waals surface area contributed by atoms with Crippen molar-refractivity contribution in [2.75, 3.05) is 24.2 Å². The predicted octanol–water partition coefficient (Wildman–Crippen LogP) is 2.98. The Morgan fingerprint density at radius 2 is 2.05 bits per heavy atom. The van der Waals surface area contributed by atoms with Crippen LogP contribution >= 0.6 is 0 Å². The molecule has 2 aromatic rings. The highest BCUT2D eigenvalue weighted by Gasteiger charge is 2.12. The molecule has 0 unspecified atom stereocenters. The zero-order valence-corrected chi connectivity index (χ0v) is 11.7. The number of anilines is 2. The summed E-state index contributed by atoms with van der Waals surface area (Å²) in [4.78, 5) is 10.5. The van der Waals surface area contributed by atoms with Crippen LogP contribution in [-0.2, 0) is 0 Å². The minimum absolute atomic E-state index is 0.108. The van der Waals surface area contributed by atoms with Crippen LogP contribution in [0.3, 0.4) is 0 Å². The second-order valence-electron chi connectivity index (χ2n) is 4.55. The van der Waals surface area contributed by atoms with Crippen molar-refractivity contribution in [2.24, 2.45) is 0 Å².